The molecule has 0 spiro atoms. The van der Waals surface area contributed by atoms with Gasteiger partial charge in [-0.25, -0.2) is 13.2 Å². The average Bonchev–Trinajstić information content (AvgIpc) is 2.93. The van der Waals surface area contributed by atoms with Crippen LogP contribution in [0.15, 0.2) is 39.9 Å². The van der Waals surface area contributed by atoms with Crippen molar-refractivity contribution < 1.29 is 17.9 Å². The van der Waals surface area contributed by atoms with Crippen LogP contribution < -0.4 is 0 Å². The van der Waals surface area contributed by atoms with Gasteiger partial charge in [0.1, 0.15) is 10.3 Å². The molecule has 0 aliphatic carbocycles. The molecule has 21 heavy (non-hydrogen) atoms. The lowest BCUT2D eigenvalue weighted by atomic mass is 10.1. The normalized spacial score (nSPS) is 19.8. The molecular weight excluding hydrogens is 332 g/mol. The van der Waals surface area contributed by atoms with Gasteiger partial charge in [-0.1, -0.05) is 17.7 Å². The number of hydrogen-bond donors (Lipinski definition) is 0. The molecule has 110 valence electrons. The third-order valence-corrected chi connectivity index (χ3v) is 6.83. The lowest BCUT2D eigenvalue weighted by molar-refractivity contribution is 0.0280. The Kier molecular flexibility index (Phi) is 3.77. The van der Waals surface area contributed by atoms with Gasteiger partial charge in [0.2, 0.25) is 0 Å². The zero-order chi connectivity index (χ0) is 15.0. The second-order valence-electron chi connectivity index (χ2n) is 4.68. The monoisotopic (exact) mass is 342 g/mol. The smallest absolute Gasteiger partial charge is 0.338 e. The van der Waals surface area contributed by atoms with Gasteiger partial charge in [-0.05, 0) is 29.6 Å². The highest BCUT2D eigenvalue weighted by Crippen LogP contribution is 2.38. The van der Waals surface area contributed by atoms with E-state index < -0.39 is 21.9 Å². The topological polar surface area (TPSA) is 60.4 Å². The molecule has 0 saturated carbocycles. The van der Waals surface area contributed by atoms with Crippen LogP contribution in [0.4, 0.5) is 0 Å². The number of fused-ring (bicyclic) bond motifs is 1. The summed E-state index contributed by atoms with van der Waals surface area (Å²) in [6.07, 6.45) is -0.250. The predicted molar refractivity (Wildman–Crippen MR) is 80.6 cm³/mol. The summed E-state index contributed by atoms with van der Waals surface area (Å²) < 4.78 is 29.6. The fourth-order valence-electron chi connectivity index (χ4n) is 2.24. The number of ether oxygens (including phenoxy) is 1. The molecule has 1 aliphatic rings. The van der Waals surface area contributed by atoms with E-state index in [1.165, 1.54) is 6.07 Å². The summed E-state index contributed by atoms with van der Waals surface area (Å²) in [6.45, 7) is 0. The number of rotatable bonds is 2. The Morgan fingerprint density at radius 1 is 1.33 bits per heavy atom. The third-order valence-electron chi connectivity index (χ3n) is 3.25. The first-order valence-electron chi connectivity index (χ1n) is 6.24. The van der Waals surface area contributed by atoms with Crippen molar-refractivity contribution in [3.8, 4) is 0 Å². The molecule has 0 fully saturated rings. The number of thiophene rings is 1. The molecule has 0 N–H and O–H groups in total. The van der Waals surface area contributed by atoms with Crippen molar-refractivity contribution in [2.24, 2.45) is 0 Å². The van der Waals surface area contributed by atoms with Crippen LogP contribution in [0.25, 0.3) is 0 Å². The van der Waals surface area contributed by atoms with Crippen LogP contribution in [0.3, 0.4) is 0 Å². The minimum atomic E-state index is -3.23. The summed E-state index contributed by atoms with van der Waals surface area (Å²) in [5.41, 5.74) is 0.925. The van der Waals surface area contributed by atoms with Crippen LogP contribution in [-0.4, -0.2) is 20.1 Å². The first-order chi connectivity index (χ1) is 9.97. The van der Waals surface area contributed by atoms with E-state index in [-0.39, 0.29) is 12.2 Å². The van der Waals surface area contributed by atoms with Crippen LogP contribution in [0.2, 0.25) is 5.02 Å². The quantitative estimate of drug-likeness (QED) is 0.784. The van der Waals surface area contributed by atoms with Crippen molar-refractivity contribution in [3.63, 3.8) is 0 Å². The minimum absolute atomic E-state index is 0.00595. The Labute approximate surface area is 131 Å². The van der Waals surface area contributed by atoms with Gasteiger partial charge in [-0.2, -0.15) is 0 Å². The van der Waals surface area contributed by atoms with Crippen molar-refractivity contribution >= 4 is 38.7 Å². The Balaban J connectivity index is 1.85. The number of sulfone groups is 1. The molecular formula is C14H11ClO4S2. The number of benzene rings is 1. The first kappa shape index (κ1) is 14.6. The van der Waals surface area contributed by atoms with E-state index in [1.807, 2.05) is 0 Å². The fraction of sp³-hybridized carbons (Fsp3) is 0.214. The number of hydrogen-bond acceptors (Lipinski definition) is 5. The van der Waals surface area contributed by atoms with Crippen molar-refractivity contribution in [3.05, 3.63) is 51.9 Å². The zero-order valence-electron chi connectivity index (χ0n) is 10.8. The highest BCUT2D eigenvalue weighted by molar-refractivity contribution is 7.93. The van der Waals surface area contributed by atoms with Crippen LogP contribution in [0.5, 0.6) is 0 Å². The number of halogens is 1. The molecule has 0 saturated heterocycles. The minimum Gasteiger partial charge on any atom is -0.454 e. The van der Waals surface area contributed by atoms with Gasteiger partial charge in [-0.3, -0.25) is 0 Å². The number of esters is 1. The molecule has 1 unspecified atom stereocenters. The van der Waals surface area contributed by atoms with E-state index in [9.17, 15) is 13.2 Å². The van der Waals surface area contributed by atoms with Crippen LogP contribution in [0.1, 0.15) is 28.4 Å². The number of carbonyl (C=O) groups excluding carboxylic acids is 1. The predicted octanol–water partition coefficient (Wildman–Crippen LogP) is 3.48. The van der Waals surface area contributed by atoms with E-state index in [0.29, 0.717) is 20.4 Å². The molecule has 0 amide bonds. The van der Waals surface area contributed by atoms with E-state index >= 15 is 0 Å². The molecule has 0 bridgehead atoms. The third kappa shape index (κ3) is 2.84. The lowest BCUT2D eigenvalue weighted by Crippen LogP contribution is -2.22. The summed E-state index contributed by atoms with van der Waals surface area (Å²) in [5.74, 6) is -0.507. The van der Waals surface area contributed by atoms with Crippen LogP contribution in [0, 0.1) is 0 Å². The average molecular weight is 343 g/mol. The lowest BCUT2D eigenvalue weighted by Gasteiger charge is -2.22. The van der Waals surface area contributed by atoms with Crippen LogP contribution in [-0.2, 0) is 14.6 Å². The van der Waals surface area contributed by atoms with E-state index in [2.05, 4.69) is 0 Å². The highest BCUT2D eigenvalue weighted by atomic mass is 35.5. The molecule has 1 aromatic carbocycles. The maximum absolute atomic E-state index is 12.1. The molecule has 4 nitrogen and oxygen atoms in total. The van der Waals surface area contributed by atoms with Gasteiger partial charge in [0.05, 0.1) is 11.3 Å². The second kappa shape index (κ2) is 5.44. The zero-order valence-corrected chi connectivity index (χ0v) is 13.2. The van der Waals surface area contributed by atoms with E-state index in [4.69, 9.17) is 16.3 Å². The van der Waals surface area contributed by atoms with Gasteiger partial charge in [0, 0.05) is 17.0 Å². The van der Waals surface area contributed by atoms with E-state index in [1.54, 1.807) is 29.6 Å². The fourth-order valence-corrected chi connectivity index (χ4v) is 5.38. The number of carbonyl (C=O) groups is 1. The van der Waals surface area contributed by atoms with Crippen molar-refractivity contribution in [2.75, 3.05) is 5.75 Å². The largest absolute Gasteiger partial charge is 0.454 e. The van der Waals surface area contributed by atoms with Crippen molar-refractivity contribution in [1.29, 1.82) is 0 Å². The van der Waals surface area contributed by atoms with Gasteiger partial charge in [-0.15, -0.1) is 11.3 Å². The SMILES string of the molecule is O=C(OC1CCS(=O)(=O)c2sccc21)c1cccc(Cl)c1. The molecule has 2 aromatic rings. The molecule has 7 heteroatoms. The van der Waals surface area contributed by atoms with Gasteiger partial charge in [0.25, 0.3) is 0 Å². The highest BCUT2D eigenvalue weighted by Gasteiger charge is 2.33. The summed E-state index contributed by atoms with van der Waals surface area (Å²) in [6, 6.07) is 8.18. The van der Waals surface area contributed by atoms with Crippen molar-refractivity contribution in [2.45, 2.75) is 16.7 Å². The Morgan fingerprint density at radius 3 is 2.90 bits per heavy atom. The first-order valence-corrected chi connectivity index (χ1v) is 9.15. The standard InChI is InChI=1S/C14H11ClO4S2/c15-10-3-1-2-9(8-10)13(16)19-12-5-7-21(17,18)14-11(12)4-6-20-14/h1-4,6,8,12H,5,7H2. The Bertz CT molecular complexity index is 795. The summed E-state index contributed by atoms with van der Waals surface area (Å²) in [5, 5.41) is 2.15. The van der Waals surface area contributed by atoms with Gasteiger partial charge in [0.15, 0.2) is 9.84 Å². The Hall–Kier alpha value is -1.37. The van der Waals surface area contributed by atoms with Gasteiger partial charge >= 0.3 is 5.97 Å². The van der Waals surface area contributed by atoms with Gasteiger partial charge < -0.3 is 4.74 Å². The van der Waals surface area contributed by atoms with Crippen molar-refractivity contribution in [1.82, 2.24) is 0 Å². The maximum atomic E-state index is 12.1. The molecule has 1 aromatic heterocycles. The molecule has 3 rings (SSSR count). The summed E-state index contributed by atoms with van der Waals surface area (Å²) >= 11 is 7.01. The second-order valence-corrected chi connectivity index (χ2v) is 8.33. The van der Waals surface area contributed by atoms with E-state index in [0.717, 1.165) is 11.3 Å². The molecule has 2 heterocycles. The summed E-state index contributed by atoms with van der Waals surface area (Å²) in [4.78, 5) is 12.1. The summed E-state index contributed by atoms with van der Waals surface area (Å²) in [7, 11) is -3.23. The molecule has 0 radical (unpaired) electrons. The van der Waals surface area contributed by atoms with Crippen LogP contribution >= 0.6 is 22.9 Å². The maximum Gasteiger partial charge on any atom is 0.338 e. The molecule has 1 atom stereocenters. The molecule has 1 aliphatic heterocycles. The Morgan fingerprint density at radius 2 is 2.14 bits per heavy atom.